The highest BCUT2D eigenvalue weighted by molar-refractivity contribution is 9.10. The first-order valence-electron chi connectivity index (χ1n) is 6.23. The zero-order valence-electron chi connectivity index (χ0n) is 11.4. The highest BCUT2D eigenvalue weighted by atomic mass is 79.9. The molecule has 0 radical (unpaired) electrons. The largest absolute Gasteiger partial charge is 0.271 e. The smallest absolute Gasteiger partial charge is 0.267 e. The Morgan fingerprint density at radius 3 is 2.15 bits per heavy atom. The van der Waals surface area contributed by atoms with Crippen LogP contribution in [0.1, 0.15) is 28.4 Å². The highest BCUT2D eigenvalue weighted by Crippen LogP contribution is 2.11. The molecule has 0 atom stereocenters. The van der Waals surface area contributed by atoms with Gasteiger partial charge in [0.25, 0.3) is 5.91 Å². The van der Waals surface area contributed by atoms with Crippen molar-refractivity contribution in [2.45, 2.75) is 13.8 Å². The van der Waals surface area contributed by atoms with Gasteiger partial charge in [-0.15, -0.1) is 0 Å². The minimum Gasteiger partial charge on any atom is -0.267 e. The van der Waals surface area contributed by atoms with Gasteiger partial charge in [-0.25, -0.2) is 5.43 Å². The fraction of sp³-hybridized carbons (Fsp3) is 0.125. The third kappa shape index (κ3) is 3.78. The number of rotatable bonds is 3. The molecule has 20 heavy (non-hydrogen) atoms. The second kappa shape index (κ2) is 6.48. The number of benzene rings is 2. The van der Waals surface area contributed by atoms with Crippen LogP contribution in [-0.4, -0.2) is 11.6 Å². The van der Waals surface area contributed by atoms with Crippen LogP contribution >= 0.6 is 15.9 Å². The summed E-state index contributed by atoms with van der Waals surface area (Å²) in [5.74, 6) is -0.207. The predicted octanol–water partition coefficient (Wildman–Crippen LogP) is 3.91. The average molecular weight is 331 g/mol. The molecule has 0 aromatic heterocycles. The van der Waals surface area contributed by atoms with Crippen molar-refractivity contribution < 1.29 is 4.79 Å². The first-order valence-corrected chi connectivity index (χ1v) is 7.03. The van der Waals surface area contributed by atoms with E-state index in [0.717, 1.165) is 21.3 Å². The maximum atomic E-state index is 11.9. The molecule has 0 spiro atoms. The zero-order valence-corrected chi connectivity index (χ0v) is 12.9. The first kappa shape index (κ1) is 14.5. The van der Waals surface area contributed by atoms with Gasteiger partial charge in [-0.1, -0.05) is 45.8 Å². The van der Waals surface area contributed by atoms with Crippen LogP contribution in [-0.2, 0) is 0 Å². The maximum absolute atomic E-state index is 11.9. The van der Waals surface area contributed by atoms with E-state index in [9.17, 15) is 4.79 Å². The number of carbonyl (C=O) groups excluding carboxylic acids is 1. The maximum Gasteiger partial charge on any atom is 0.271 e. The molecule has 2 rings (SSSR count). The number of nitrogens with zero attached hydrogens (tertiary/aromatic N) is 1. The van der Waals surface area contributed by atoms with E-state index in [0.29, 0.717) is 5.56 Å². The number of amides is 1. The third-order valence-electron chi connectivity index (χ3n) is 2.90. The molecule has 4 heteroatoms. The molecule has 0 fully saturated rings. The van der Waals surface area contributed by atoms with Crippen molar-refractivity contribution >= 4 is 27.5 Å². The molecule has 0 saturated carbocycles. The number of hydrazone groups is 1. The van der Waals surface area contributed by atoms with Crippen molar-refractivity contribution in [3.05, 3.63) is 69.7 Å². The summed E-state index contributed by atoms with van der Waals surface area (Å²) in [6.07, 6.45) is 0. The number of nitrogens with one attached hydrogen (secondary N) is 1. The van der Waals surface area contributed by atoms with Gasteiger partial charge in [-0.2, -0.15) is 5.10 Å². The molecule has 0 aliphatic heterocycles. The molecule has 1 N–H and O–H groups in total. The fourth-order valence-corrected chi connectivity index (χ4v) is 1.92. The van der Waals surface area contributed by atoms with Gasteiger partial charge in [0.15, 0.2) is 0 Å². The summed E-state index contributed by atoms with van der Waals surface area (Å²) < 4.78 is 1.01. The van der Waals surface area contributed by atoms with Crippen LogP contribution in [0.25, 0.3) is 0 Å². The molecule has 0 aliphatic carbocycles. The first-order chi connectivity index (χ1) is 9.56. The number of halogens is 1. The Balaban J connectivity index is 2.06. The lowest BCUT2D eigenvalue weighted by molar-refractivity contribution is 0.0955. The summed E-state index contributed by atoms with van der Waals surface area (Å²) in [6.45, 7) is 3.84. The van der Waals surface area contributed by atoms with Gasteiger partial charge in [0, 0.05) is 10.0 Å². The van der Waals surface area contributed by atoms with Crippen molar-refractivity contribution in [3.63, 3.8) is 0 Å². The summed E-state index contributed by atoms with van der Waals surface area (Å²) in [7, 11) is 0. The molecule has 1 amide bonds. The summed E-state index contributed by atoms with van der Waals surface area (Å²) in [6, 6.07) is 15.2. The second-order valence-electron chi connectivity index (χ2n) is 4.51. The van der Waals surface area contributed by atoms with Crippen molar-refractivity contribution in [1.82, 2.24) is 5.43 Å². The molecule has 0 bridgehead atoms. The Morgan fingerprint density at radius 1 is 1.00 bits per heavy atom. The monoisotopic (exact) mass is 330 g/mol. The van der Waals surface area contributed by atoms with Crippen LogP contribution in [0.5, 0.6) is 0 Å². The topological polar surface area (TPSA) is 41.5 Å². The van der Waals surface area contributed by atoms with E-state index in [4.69, 9.17) is 0 Å². The highest BCUT2D eigenvalue weighted by Gasteiger charge is 2.04. The standard InChI is InChI=1S/C16H15BrN2O/c1-11-3-5-14(6-4-11)16(20)19-18-12(2)13-7-9-15(17)10-8-13/h3-10H,1-2H3,(H,19,20)/b18-12+. The van der Waals surface area contributed by atoms with Gasteiger partial charge in [0.1, 0.15) is 0 Å². The van der Waals surface area contributed by atoms with E-state index in [-0.39, 0.29) is 5.91 Å². The quantitative estimate of drug-likeness (QED) is 0.672. The zero-order chi connectivity index (χ0) is 14.5. The second-order valence-corrected chi connectivity index (χ2v) is 5.43. The molecular weight excluding hydrogens is 316 g/mol. The fourth-order valence-electron chi connectivity index (χ4n) is 1.66. The van der Waals surface area contributed by atoms with Crippen LogP contribution in [0.2, 0.25) is 0 Å². The molecule has 0 heterocycles. The average Bonchev–Trinajstić information content (AvgIpc) is 2.46. The van der Waals surface area contributed by atoms with E-state index in [1.54, 1.807) is 12.1 Å². The Morgan fingerprint density at radius 2 is 1.55 bits per heavy atom. The number of hydrogen-bond acceptors (Lipinski definition) is 2. The van der Waals surface area contributed by atoms with Crippen molar-refractivity contribution in [2.24, 2.45) is 5.10 Å². The third-order valence-corrected chi connectivity index (χ3v) is 3.43. The predicted molar refractivity (Wildman–Crippen MR) is 85.0 cm³/mol. The van der Waals surface area contributed by atoms with Gasteiger partial charge in [0.2, 0.25) is 0 Å². The van der Waals surface area contributed by atoms with Gasteiger partial charge in [0.05, 0.1) is 5.71 Å². The van der Waals surface area contributed by atoms with Gasteiger partial charge in [-0.3, -0.25) is 4.79 Å². The van der Waals surface area contributed by atoms with Crippen molar-refractivity contribution in [3.8, 4) is 0 Å². The molecule has 0 aliphatic rings. The van der Waals surface area contributed by atoms with Crippen LogP contribution < -0.4 is 5.43 Å². The van der Waals surface area contributed by atoms with E-state index in [1.807, 2.05) is 50.2 Å². The Kier molecular flexibility index (Phi) is 4.69. The number of carbonyl (C=O) groups is 1. The number of aryl methyl sites for hydroxylation is 1. The van der Waals surface area contributed by atoms with E-state index in [2.05, 4.69) is 26.5 Å². The SMILES string of the molecule is C/C(=N\NC(=O)c1ccc(C)cc1)c1ccc(Br)cc1. The summed E-state index contributed by atoms with van der Waals surface area (Å²) in [5.41, 5.74) is 6.02. The molecule has 2 aromatic rings. The summed E-state index contributed by atoms with van der Waals surface area (Å²) in [4.78, 5) is 11.9. The van der Waals surface area contributed by atoms with Gasteiger partial charge in [-0.05, 0) is 43.7 Å². The van der Waals surface area contributed by atoms with Crippen LogP contribution in [0.15, 0.2) is 58.1 Å². The Hall–Kier alpha value is -1.94. The van der Waals surface area contributed by atoms with Crippen LogP contribution in [0, 0.1) is 6.92 Å². The summed E-state index contributed by atoms with van der Waals surface area (Å²) in [5, 5.41) is 4.12. The molecular formula is C16H15BrN2O. The van der Waals surface area contributed by atoms with Crippen molar-refractivity contribution in [1.29, 1.82) is 0 Å². The molecule has 0 saturated heterocycles. The minimum absolute atomic E-state index is 0.207. The van der Waals surface area contributed by atoms with Gasteiger partial charge < -0.3 is 0 Å². The summed E-state index contributed by atoms with van der Waals surface area (Å²) >= 11 is 3.38. The Bertz CT molecular complexity index is 631. The number of hydrogen-bond donors (Lipinski definition) is 1. The van der Waals surface area contributed by atoms with Crippen molar-refractivity contribution in [2.75, 3.05) is 0 Å². The molecule has 3 nitrogen and oxygen atoms in total. The van der Waals surface area contributed by atoms with E-state index >= 15 is 0 Å². The lowest BCUT2D eigenvalue weighted by Gasteiger charge is -2.03. The molecule has 0 unspecified atom stereocenters. The lowest BCUT2D eigenvalue weighted by Crippen LogP contribution is -2.19. The Labute approximate surface area is 126 Å². The normalized spacial score (nSPS) is 11.2. The van der Waals surface area contributed by atoms with Crippen LogP contribution in [0.4, 0.5) is 0 Å². The van der Waals surface area contributed by atoms with E-state index in [1.165, 1.54) is 0 Å². The van der Waals surface area contributed by atoms with Crippen LogP contribution in [0.3, 0.4) is 0 Å². The van der Waals surface area contributed by atoms with Gasteiger partial charge >= 0.3 is 0 Å². The lowest BCUT2D eigenvalue weighted by atomic mass is 10.1. The minimum atomic E-state index is -0.207. The molecule has 102 valence electrons. The molecule has 2 aromatic carbocycles. The van der Waals surface area contributed by atoms with E-state index < -0.39 is 0 Å².